The van der Waals surface area contributed by atoms with E-state index in [-0.39, 0.29) is 0 Å². The van der Waals surface area contributed by atoms with E-state index in [0.717, 1.165) is 32.1 Å². The second kappa shape index (κ2) is 7.66. The van der Waals surface area contributed by atoms with Gasteiger partial charge in [-0.1, -0.05) is 44.5 Å². The zero-order valence-electron chi connectivity index (χ0n) is 12.5. The molecule has 0 heterocycles. The van der Waals surface area contributed by atoms with E-state index in [0.29, 0.717) is 0 Å². The quantitative estimate of drug-likeness (QED) is 0.770. The molecule has 2 rings (SSSR count). The molecule has 2 nitrogen and oxygen atoms in total. The standard InChI is InChI=1S/C17H28N2/c1-3-18-12-15-8-10-17(11-9-15)14-19(4-2)13-16-6-5-7-16/h8-11,16,18H,3-7,12-14H2,1-2H3. The highest BCUT2D eigenvalue weighted by Gasteiger charge is 2.19. The molecule has 0 saturated heterocycles. The Balaban J connectivity index is 1.82. The van der Waals surface area contributed by atoms with Crippen LogP contribution in [0.15, 0.2) is 24.3 Å². The van der Waals surface area contributed by atoms with Gasteiger partial charge in [0.25, 0.3) is 0 Å². The van der Waals surface area contributed by atoms with E-state index in [1.54, 1.807) is 0 Å². The Morgan fingerprint density at radius 1 is 1.11 bits per heavy atom. The fraction of sp³-hybridized carbons (Fsp3) is 0.647. The Morgan fingerprint density at radius 2 is 1.79 bits per heavy atom. The maximum absolute atomic E-state index is 3.37. The highest BCUT2D eigenvalue weighted by atomic mass is 15.1. The van der Waals surface area contributed by atoms with Gasteiger partial charge >= 0.3 is 0 Å². The van der Waals surface area contributed by atoms with Crippen molar-refractivity contribution in [2.45, 2.75) is 46.2 Å². The molecule has 0 spiro atoms. The molecule has 2 heteroatoms. The number of rotatable bonds is 8. The summed E-state index contributed by atoms with van der Waals surface area (Å²) in [6.07, 6.45) is 4.33. The summed E-state index contributed by atoms with van der Waals surface area (Å²) in [4.78, 5) is 2.59. The summed E-state index contributed by atoms with van der Waals surface area (Å²) in [6, 6.07) is 9.09. The zero-order valence-corrected chi connectivity index (χ0v) is 12.5. The van der Waals surface area contributed by atoms with Crippen molar-refractivity contribution in [2.75, 3.05) is 19.6 Å². The lowest BCUT2D eigenvalue weighted by Crippen LogP contribution is -2.32. The van der Waals surface area contributed by atoms with Crippen molar-refractivity contribution in [3.05, 3.63) is 35.4 Å². The Hall–Kier alpha value is -0.860. The molecule has 1 fully saturated rings. The Morgan fingerprint density at radius 3 is 2.32 bits per heavy atom. The molecule has 1 saturated carbocycles. The second-order valence-corrected chi connectivity index (χ2v) is 5.72. The topological polar surface area (TPSA) is 15.3 Å². The van der Waals surface area contributed by atoms with Gasteiger partial charge in [0.2, 0.25) is 0 Å². The van der Waals surface area contributed by atoms with E-state index in [1.807, 2.05) is 0 Å². The summed E-state index contributed by atoms with van der Waals surface area (Å²) >= 11 is 0. The predicted octanol–water partition coefficient (Wildman–Crippen LogP) is 3.42. The van der Waals surface area contributed by atoms with E-state index < -0.39 is 0 Å². The SMILES string of the molecule is CCNCc1ccc(CN(CC)CC2CCC2)cc1. The van der Waals surface area contributed by atoms with Crippen molar-refractivity contribution in [1.29, 1.82) is 0 Å². The minimum absolute atomic E-state index is 0.966. The molecular weight excluding hydrogens is 232 g/mol. The minimum Gasteiger partial charge on any atom is -0.313 e. The normalized spacial score (nSPS) is 15.7. The summed E-state index contributed by atoms with van der Waals surface area (Å²) in [5, 5.41) is 3.37. The van der Waals surface area contributed by atoms with Crippen molar-refractivity contribution in [3.8, 4) is 0 Å². The molecule has 0 atom stereocenters. The summed E-state index contributed by atoms with van der Waals surface area (Å²) in [6.45, 7) is 10.00. The van der Waals surface area contributed by atoms with Crippen LogP contribution in [0.5, 0.6) is 0 Å². The Kier molecular flexibility index (Phi) is 5.87. The molecule has 1 aromatic rings. The third kappa shape index (κ3) is 4.63. The third-order valence-corrected chi connectivity index (χ3v) is 4.20. The van der Waals surface area contributed by atoms with Gasteiger partial charge in [-0.25, -0.2) is 0 Å². The van der Waals surface area contributed by atoms with Gasteiger partial charge in [0, 0.05) is 19.6 Å². The largest absolute Gasteiger partial charge is 0.313 e. The van der Waals surface area contributed by atoms with E-state index >= 15 is 0 Å². The molecule has 1 aliphatic rings. The van der Waals surface area contributed by atoms with Crippen molar-refractivity contribution < 1.29 is 0 Å². The van der Waals surface area contributed by atoms with Gasteiger partial charge in [-0.2, -0.15) is 0 Å². The van der Waals surface area contributed by atoms with Gasteiger partial charge in [0.05, 0.1) is 0 Å². The lowest BCUT2D eigenvalue weighted by Gasteiger charge is -2.31. The summed E-state index contributed by atoms with van der Waals surface area (Å²) in [5.74, 6) is 0.966. The molecule has 1 N–H and O–H groups in total. The lowest BCUT2D eigenvalue weighted by atomic mass is 9.85. The molecule has 1 aliphatic carbocycles. The predicted molar refractivity (Wildman–Crippen MR) is 82.1 cm³/mol. The van der Waals surface area contributed by atoms with E-state index in [1.165, 1.54) is 36.9 Å². The molecule has 1 aromatic carbocycles. The van der Waals surface area contributed by atoms with E-state index in [4.69, 9.17) is 0 Å². The van der Waals surface area contributed by atoms with Gasteiger partial charge in [-0.3, -0.25) is 4.90 Å². The molecule has 0 radical (unpaired) electrons. The van der Waals surface area contributed by atoms with Crippen molar-refractivity contribution >= 4 is 0 Å². The Labute approximate surface area is 118 Å². The van der Waals surface area contributed by atoms with Crippen LogP contribution >= 0.6 is 0 Å². The summed E-state index contributed by atoms with van der Waals surface area (Å²) in [5.41, 5.74) is 2.83. The van der Waals surface area contributed by atoms with E-state index in [9.17, 15) is 0 Å². The fourth-order valence-electron chi connectivity index (χ4n) is 2.64. The maximum atomic E-state index is 3.37. The molecule has 0 aromatic heterocycles. The number of nitrogens with zero attached hydrogens (tertiary/aromatic N) is 1. The van der Waals surface area contributed by atoms with Crippen LogP contribution in [0.2, 0.25) is 0 Å². The summed E-state index contributed by atoms with van der Waals surface area (Å²) in [7, 11) is 0. The minimum atomic E-state index is 0.966. The smallest absolute Gasteiger partial charge is 0.0233 e. The maximum Gasteiger partial charge on any atom is 0.0233 e. The Bertz CT molecular complexity index is 354. The second-order valence-electron chi connectivity index (χ2n) is 5.72. The van der Waals surface area contributed by atoms with Crippen molar-refractivity contribution in [3.63, 3.8) is 0 Å². The van der Waals surface area contributed by atoms with Crippen LogP contribution in [0.3, 0.4) is 0 Å². The number of hydrogen-bond donors (Lipinski definition) is 1. The van der Waals surface area contributed by atoms with Gasteiger partial charge in [-0.05, 0) is 43.0 Å². The molecule has 0 unspecified atom stereocenters. The molecule has 0 amide bonds. The van der Waals surface area contributed by atoms with Gasteiger partial charge < -0.3 is 5.32 Å². The molecule has 0 bridgehead atoms. The average molecular weight is 260 g/mol. The molecule has 19 heavy (non-hydrogen) atoms. The van der Waals surface area contributed by atoms with Crippen LogP contribution < -0.4 is 5.32 Å². The van der Waals surface area contributed by atoms with Gasteiger partial charge in [0.1, 0.15) is 0 Å². The van der Waals surface area contributed by atoms with Crippen LogP contribution in [0.4, 0.5) is 0 Å². The van der Waals surface area contributed by atoms with Crippen LogP contribution in [-0.2, 0) is 13.1 Å². The number of nitrogens with one attached hydrogen (secondary N) is 1. The van der Waals surface area contributed by atoms with Crippen LogP contribution in [0.25, 0.3) is 0 Å². The van der Waals surface area contributed by atoms with E-state index in [2.05, 4.69) is 48.3 Å². The first-order chi connectivity index (χ1) is 9.31. The first-order valence-electron chi connectivity index (χ1n) is 7.82. The average Bonchev–Trinajstić information content (AvgIpc) is 2.40. The molecule has 0 aliphatic heterocycles. The van der Waals surface area contributed by atoms with Crippen molar-refractivity contribution in [2.24, 2.45) is 5.92 Å². The lowest BCUT2D eigenvalue weighted by molar-refractivity contribution is 0.178. The van der Waals surface area contributed by atoms with Crippen LogP contribution in [0, 0.1) is 5.92 Å². The third-order valence-electron chi connectivity index (χ3n) is 4.20. The summed E-state index contributed by atoms with van der Waals surface area (Å²) < 4.78 is 0. The highest BCUT2D eigenvalue weighted by molar-refractivity contribution is 5.22. The molecule has 106 valence electrons. The van der Waals surface area contributed by atoms with Gasteiger partial charge in [-0.15, -0.1) is 0 Å². The number of benzene rings is 1. The van der Waals surface area contributed by atoms with Crippen LogP contribution in [0.1, 0.15) is 44.2 Å². The highest BCUT2D eigenvalue weighted by Crippen LogP contribution is 2.27. The number of hydrogen-bond acceptors (Lipinski definition) is 2. The zero-order chi connectivity index (χ0) is 13.5. The molecular formula is C17H28N2. The first-order valence-corrected chi connectivity index (χ1v) is 7.82. The first kappa shape index (κ1) is 14.5. The fourth-order valence-corrected chi connectivity index (χ4v) is 2.64. The van der Waals surface area contributed by atoms with Crippen molar-refractivity contribution in [1.82, 2.24) is 10.2 Å². The van der Waals surface area contributed by atoms with Crippen LogP contribution in [-0.4, -0.2) is 24.5 Å². The monoisotopic (exact) mass is 260 g/mol. The van der Waals surface area contributed by atoms with Gasteiger partial charge in [0.15, 0.2) is 0 Å².